The van der Waals surface area contributed by atoms with E-state index in [-0.39, 0.29) is 0 Å². The van der Waals surface area contributed by atoms with Gasteiger partial charge in [0.25, 0.3) is 0 Å². The number of aromatic nitrogens is 2. The summed E-state index contributed by atoms with van der Waals surface area (Å²) >= 11 is 0. The first-order chi connectivity index (χ1) is 23.5. The van der Waals surface area contributed by atoms with Crippen molar-refractivity contribution in [2.24, 2.45) is 16.8 Å². The summed E-state index contributed by atoms with van der Waals surface area (Å²) in [6.07, 6.45) is 17.7. The molecule has 7 rings (SSSR count). The van der Waals surface area contributed by atoms with Crippen molar-refractivity contribution in [3.05, 3.63) is 138 Å². The minimum atomic E-state index is 0.393. The number of hydrogen-bond donors (Lipinski definition) is 1. The summed E-state index contributed by atoms with van der Waals surface area (Å²) in [6, 6.07) is 26.6. The van der Waals surface area contributed by atoms with Crippen molar-refractivity contribution < 1.29 is 0 Å². The van der Waals surface area contributed by atoms with Crippen molar-refractivity contribution in [2.45, 2.75) is 53.4 Å². The third kappa shape index (κ3) is 7.23. The van der Waals surface area contributed by atoms with Gasteiger partial charge in [-0.2, -0.15) is 0 Å². The fraction of sp³-hybridized carbons (Fsp3) is 0.250. The van der Waals surface area contributed by atoms with Crippen LogP contribution in [0.2, 0.25) is 0 Å². The van der Waals surface area contributed by atoms with E-state index in [0.717, 1.165) is 43.5 Å². The Morgan fingerprint density at radius 3 is 2.40 bits per heavy atom. The van der Waals surface area contributed by atoms with E-state index in [1.807, 2.05) is 32.2 Å². The lowest BCUT2D eigenvalue weighted by molar-refractivity contribution is 0.515. The van der Waals surface area contributed by atoms with Crippen LogP contribution in [0.25, 0.3) is 44.6 Å². The van der Waals surface area contributed by atoms with Gasteiger partial charge in [0.1, 0.15) is 0 Å². The summed E-state index contributed by atoms with van der Waals surface area (Å²) in [6.45, 7) is 17.1. The van der Waals surface area contributed by atoms with Crippen LogP contribution in [0.5, 0.6) is 0 Å². The van der Waals surface area contributed by atoms with Gasteiger partial charge in [-0.15, -0.1) is 0 Å². The minimum absolute atomic E-state index is 0.393. The average molecular weight is 633 g/mol. The van der Waals surface area contributed by atoms with Crippen LogP contribution in [0.15, 0.2) is 127 Å². The summed E-state index contributed by atoms with van der Waals surface area (Å²) < 4.78 is 2.55. The molecule has 2 aromatic heterocycles. The van der Waals surface area contributed by atoms with Crippen LogP contribution in [-0.2, 0) is 12.8 Å². The number of nitrogens with zero attached hydrogens (tertiary/aromatic N) is 3. The molecule has 2 unspecified atom stereocenters. The first-order valence-corrected chi connectivity index (χ1v) is 17.2. The molecule has 0 saturated carbocycles. The number of benzene rings is 3. The molecule has 1 aliphatic carbocycles. The molecule has 1 aliphatic heterocycles. The Balaban J connectivity index is 0.000000855. The van der Waals surface area contributed by atoms with Gasteiger partial charge >= 0.3 is 0 Å². The third-order valence-electron chi connectivity index (χ3n) is 9.27. The topological polar surface area (TPSA) is 54.0 Å². The number of fused-ring (bicyclic) bond motifs is 5. The number of para-hydroxylation sites is 1. The molecule has 4 nitrogen and oxygen atoms in total. The summed E-state index contributed by atoms with van der Waals surface area (Å²) in [4.78, 5) is 9.07. The number of rotatable bonds is 7. The number of pyridine rings is 1. The lowest BCUT2D eigenvalue weighted by Crippen LogP contribution is -2.18. The van der Waals surface area contributed by atoms with Crippen LogP contribution in [0.1, 0.15) is 57.5 Å². The van der Waals surface area contributed by atoms with Crippen molar-refractivity contribution in [3.8, 4) is 16.8 Å². The molecule has 244 valence electrons. The largest absolute Gasteiger partial charge is 0.313 e. The van der Waals surface area contributed by atoms with Gasteiger partial charge in [-0.25, -0.2) is 0 Å². The fourth-order valence-corrected chi connectivity index (χ4v) is 6.93. The number of hydrogen-bond acceptors (Lipinski definition) is 3. The normalized spacial score (nSPS) is 17.0. The van der Waals surface area contributed by atoms with Crippen molar-refractivity contribution >= 4 is 40.2 Å². The Labute approximate surface area is 286 Å². The van der Waals surface area contributed by atoms with E-state index < -0.39 is 0 Å². The Kier molecular flexibility index (Phi) is 11.5. The standard InChI is InChI=1S/C40H37N3.C2H5N.C2H6/c1-4-5-9-34-16-12-33(26-42-34)30-14-17-36-31(23-30)15-19-38-37-18-13-29(27(2)22-28(3)32-20-21-41-25-32)24-39(37)43(40(36)38)35-10-7-6-8-11-35;1-2-3;1-2/h4-12,14-17,19,22-23,25-26,29,32H,1,3,13,18,20-21,24H2,2H3;2-3H,1H3;1-2H3/b9-5+,27-22+;;. The molecule has 3 aromatic carbocycles. The summed E-state index contributed by atoms with van der Waals surface area (Å²) in [7, 11) is 0. The first-order valence-electron chi connectivity index (χ1n) is 17.2. The van der Waals surface area contributed by atoms with Gasteiger partial charge in [0, 0.05) is 52.6 Å². The Hall–Kier alpha value is -5.09. The Morgan fingerprint density at radius 1 is 0.958 bits per heavy atom. The van der Waals surface area contributed by atoms with Crippen LogP contribution >= 0.6 is 0 Å². The maximum atomic E-state index is 6.08. The number of aryl methyl sites for hydroxylation is 1. The molecule has 2 atom stereocenters. The van der Waals surface area contributed by atoms with Gasteiger partial charge in [-0.1, -0.05) is 99.3 Å². The van der Waals surface area contributed by atoms with Crippen LogP contribution in [0, 0.1) is 17.2 Å². The molecule has 0 fully saturated rings. The molecular weight excluding hydrogens is 585 g/mol. The smallest absolute Gasteiger partial charge is 0.0630 e. The summed E-state index contributed by atoms with van der Waals surface area (Å²) in [5.74, 6) is 0.896. The fourth-order valence-electron chi connectivity index (χ4n) is 6.93. The van der Waals surface area contributed by atoms with Crippen LogP contribution in [0.4, 0.5) is 0 Å². The van der Waals surface area contributed by atoms with E-state index in [4.69, 9.17) is 5.41 Å². The highest BCUT2D eigenvalue weighted by Crippen LogP contribution is 2.42. The van der Waals surface area contributed by atoms with E-state index in [1.165, 1.54) is 61.5 Å². The Bertz CT molecular complexity index is 1990. The zero-order valence-corrected chi connectivity index (χ0v) is 28.9. The molecule has 0 bridgehead atoms. The van der Waals surface area contributed by atoms with Crippen LogP contribution in [-0.4, -0.2) is 28.5 Å². The minimum Gasteiger partial charge on any atom is -0.313 e. The predicted molar refractivity (Wildman–Crippen MR) is 209 cm³/mol. The average Bonchev–Trinajstić information content (AvgIpc) is 3.79. The van der Waals surface area contributed by atoms with Gasteiger partial charge in [0.05, 0.1) is 11.2 Å². The van der Waals surface area contributed by atoms with E-state index in [2.05, 4.69) is 120 Å². The maximum absolute atomic E-state index is 6.08. The van der Waals surface area contributed by atoms with Crippen LogP contribution < -0.4 is 0 Å². The lowest BCUT2D eigenvalue weighted by Gasteiger charge is -2.26. The molecule has 0 saturated heterocycles. The molecule has 0 radical (unpaired) electrons. The van der Waals surface area contributed by atoms with Gasteiger partial charge in [0.15, 0.2) is 0 Å². The van der Waals surface area contributed by atoms with Crippen LogP contribution in [0.3, 0.4) is 0 Å². The molecule has 5 aromatic rings. The van der Waals surface area contributed by atoms with Crippen molar-refractivity contribution in [3.63, 3.8) is 0 Å². The summed E-state index contributed by atoms with van der Waals surface area (Å²) in [5, 5.41) is 10.00. The third-order valence-corrected chi connectivity index (χ3v) is 9.27. The van der Waals surface area contributed by atoms with Gasteiger partial charge < -0.3 is 9.98 Å². The molecule has 0 spiro atoms. The molecular formula is C44H48N4. The molecule has 0 amide bonds. The molecule has 2 aliphatic rings. The highest BCUT2D eigenvalue weighted by Gasteiger charge is 2.28. The number of allylic oxidation sites excluding steroid dienone is 5. The SMILES string of the molecule is C=C/C=C/c1ccc(-c2ccc3c(ccc4c5c(n(-c6ccccc6)c43)CC(/C(C)=C/C(=C)C3C=NCC3)CC5)c2)cn1.CC.CC=N. The zero-order valence-electron chi connectivity index (χ0n) is 28.9. The Morgan fingerprint density at radius 2 is 1.71 bits per heavy atom. The first kappa shape index (κ1) is 34.3. The second kappa shape index (κ2) is 16.1. The zero-order chi connectivity index (χ0) is 34.0. The highest BCUT2D eigenvalue weighted by atomic mass is 15.0. The van der Waals surface area contributed by atoms with Gasteiger partial charge in [0.2, 0.25) is 0 Å². The van der Waals surface area contributed by atoms with Gasteiger partial charge in [-0.3, -0.25) is 9.98 Å². The molecule has 3 heterocycles. The van der Waals surface area contributed by atoms with E-state index in [0.29, 0.717) is 11.8 Å². The number of nitrogens with one attached hydrogen (secondary N) is 1. The highest BCUT2D eigenvalue weighted by molar-refractivity contribution is 6.09. The summed E-state index contributed by atoms with van der Waals surface area (Å²) in [5.41, 5.74) is 11.4. The second-order valence-electron chi connectivity index (χ2n) is 12.2. The van der Waals surface area contributed by atoms with E-state index in [1.54, 1.807) is 13.0 Å². The predicted octanol–water partition coefficient (Wildman–Crippen LogP) is 11.4. The van der Waals surface area contributed by atoms with E-state index >= 15 is 0 Å². The lowest BCUT2D eigenvalue weighted by atomic mass is 9.81. The second-order valence-corrected chi connectivity index (χ2v) is 12.2. The maximum Gasteiger partial charge on any atom is 0.0630 e. The monoisotopic (exact) mass is 632 g/mol. The number of aliphatic imine (C=N–C) groups is 1. The van der Waals surface area contributed by atoms with Crippen molar-refractivity contribution in [1.29, 1.82) is 5.41 Å². The van der Waals surface area contributed by atoms with Crippen molar-refractivity contribution in [1.82, 2.24) is 9.55 Å². The quantitative estimate of drug-likeness (QED) is 0.141. The molecule has 4 heteroatoms. The van der Waals surface area contributed by atoms with Crippen molar-refractivity contribution in [2.75, 3.05) is 6.54 Å². The van der Waals surface area contributed by atoms with Gasteiger partial charge in [-0.05, 0) is 104 Å². The molecule has 1 N–H and O–H groups in total. The van der Waals surface area contributed by atoms with E-state index in [9.17, 15) is 0 Å². The molecule has 48 heavy (non-hydrogen) atoms.